The molecule has 90 valence electrons. The highest BCUT2D eigenvalue weighted by Crippen LogP contribution is 2.09. The molecule has 0 aliphatic rings. The summed E-state index contributed by atoms with van der Waals surface area (Å²) in [7, 11) is 0. The van der Waals surface area contributed by atoms with E-state index in [1.54, 1.807) is 23.3 Å². The van der Waals surface area contributed by atoms with Gasteiger partial charge >= 0.3 is 6.01 Å². The van der Waals surface area contributed by atoms with E-state index in [9.17, 15) is 0 Å². The Hall–Kier alpha value is -2.18. The minimum absolute atomic E-state index is 0.127. The highest BCUT2D eigenvalue weighted by molar-refractivity contribution is 5.24. The molecule has 0 atom stereocenters. The maximum atomic E-state index is 5.60. The monoisotopic (exact) mass is 234 g/mol. The lowest BCUT2D eigenvalue weighted by atomic mass is 10.2. The van der Waals surface area contributed by atoms with Crippen LogP contribution in [0, 0.1) is 5.92 Å². The van der Waals surface area contributed by atoms with Gasteiger partial charge in [0.25, 0.3) is 0 Å². The van der Waals surface area contributed by atoms with Gasteiger partial charge in [-0.25, -0.2) is 4.98 Å². The molecular weight excluding hydrogens is 220 g/mol. The third-order valence-electron chi connectivity index (χ3n) is 1.90. The summed E-state index contributed by atoms with van der Waals surface area (Å²) in [5, 5.41) is 0. The van der Waals surface area contributed by atoms with E-state index in [1.165, 1.54) is 0 Å². The minimum Gasteiger partial charge on any atom is -0.463 e. The zero-order valence-electron chi connectivity index (χ0n) is 9.74. The summed E-state index contributed by atoms with van der Waals surface area (Å²) in [6.45, 7) is 4.62. The van der Waals surface area contributed by atoms with Gasteiger partial charge in [0.2, 0.25) is 11.9 Å². The number of nitrogens with zero attached hydrogens (tertiary/aromatic N) is 5. The third-order valence-corrected chi connectivity index (χ3v) is 1.90. The molecule has 7 heteroatoms. The van der Waals surface area contributed by atoms with Crippen LogP contribution in [-0.4, -0.2) is 31.1 Å². The van der Waals surface area contributed by atoms with Crippen LogP contribution in [0.3, 0.4) is 0 Å². The molecule has 0 bridgehead atoms. The number of nitrogen functional groups attached to an aromatic ring is 1. The van der Waals surface area contributed by atoms with Crippen molar-refractivity contribution in [3.63, 3.8) is 0 Å². The SMILES string of the molecule is CC(C)COc1nc(N)nc(-n2ccnc2)n1. The van der Waals surface area contributed by atoms with E-state index in [4.69, 9.17) is 10.5 Å². The van der Waals surface area contributed by atoms with Gasteiger partial charge in [0.1, 0.15) is 6.33 Å². The van der Waals surface area contributed by atoms with Crippen LogP contribution >= 0.6 is 0 Å². The molecule has 0 spiro atoms. The molecule has 2 heterocycles. The molecule has 2 N–H and O–H groups in total. The first-order valence-electron chi connectivity index (χ1n) is 5.28. The fourth-order valence-electron chi connectivity index (χ4n) is 1.16. The molecule has 0 aromatic carbocycles. The summed E-state index contributed by atoms with van der Waals surface area (Å²) in [6, 6.07) is 0.231. The molecule has 2 aromatic rings. The molecule has 0 saturated carbocycles. The Labute approximate surface area is 98.7 Å². The Morgan fingerprint density at radius 3 is 2.82 bits per heavy atom. The lowest BCUT2D eigenvalue weighted by molar-refractivity contribution is 0.250. The average molecular weight is 234 g/mol. The molecule has 0 radical (unpaired) electrons. The van der Waals surface area contributed by atoms with Crippen molar-refractivity contribution in [2.75, 3.05) is 12.3 Å². The van der Waals surface area contributed by atoms with Gasteiger partial charge < -0.3 is 10.5 Å². The van der Waals surface area contributed by atoms with Crippen molar-refractivity contribution < 1.29 is 4.74 Å². The van der Waals surface area contributed by atoms with Gasteiger partial charge in [0.05, 0.1) is 6.61 Å². The normalized spacial score (nSPS) is 10.8. The van der Waals surface area contributed by atoms with Crippen molar-refractivity contribution in [3.05, 3.63) is 18.7 Å². The van der Waals surface area contributed by atoms with Crippen molar-refractivity contribution in [1.29, 1.82) is 0 Å². The number of hydrogen-bond donors (Lipinski definition) is 1. The lowest BCUT2D eigenvalue weighted by Gasteiger charge is -2.08. The summed E-state index contributed by atoms with van der Waals surface area (Å²) in [6.07, 6.45) is 4.94. The maximum Gasteiger partial charge on any atom is 0.323 e. The minimum atomic E-state index is 0.127. The second-order valence-electron chi connectivity index (χ2n) is 3.95. The molecule has 0 saturated heterocycles. The van der Waals surface area contributed by atoms with E-state index in [0.717, 1.165) is 0 Å². The summed E-state index contributed by atoms with van der Waals surface area (Å²) < 4.78 is 7.05. The Bertz CT molecular complexity index is 482. The summed E-state index contributed by atoms with van der Waals surface area (Å²) in [5.74, 6) is 0.917. The van der Waals surface area contributed by atoms with Crippen LogP contribution in [0.5, 0.6) is 6.01 Å². The molecule has 0 amide bonds. The molecule has 2 aromatic heterocycles. The Balaban J connectivity index is 2.24. The van der Waals surface area contributed by atoms with Gasteiger partial charge in [-0.1, -0.05) is 13.8 Å². The summed E-state index contributed by atoms with van der Waals surface area (Å²) in [5.41, 5.74) is 5.60. The molecule has 17 heavy (non-hydrogen) atoms. The van der Waals surface area contributed by atoms with Crippen molar-refractivity contribution >= 4 is 5.95 Å². The fraction of sp³-hybridized carbons (Fsp3) is 0.400. The number of hydrogen-bond acceptors (Lipinski definition) is 6. The van der Waals surface area contributed by atoms with Crippen LogP contribution in [-0.2, 0) is 0 Å². The quantitative estimate of drug-likeness (QED) is 0.836. The largest absolute Gasteiger partial charge is 0.463 e. The lowest BCUT2D eigenvalue weighted by Crippen LogP contribution is -2.11. The number of rotatable bonds is 4. The van der Waals surface area contributed by atoms with E-state index in [0.29, 0.717) is 18.5 Å². The molecule has 0 aliphatic heterocycles. The third kappa shape index (κ3) is 2.90. The van der Waals surface area contributed by atoms with Crippen LogP contribution in [0.4, 0.5) is 5.95 Å². The average Bonchev–Trinajstić information content (AvgIpc) is 2.79. The van der Waals surface area contributed by atoms with Crippen LogP contribution in [0.25, 0.3) is 5.95 Å². The van der Waals surface area contributed by atoms with Gasteiger partial charge in [-0.2, -0.15) is 15.0 Å². The first-order valence-corrected chi connectivity index (χ1v) is 5.28. The molecule has 2 rings (SSSR count). The maximum absolute atomic E-state index is 5.60. The first kappa shape index (κ1) is 11.3. The molecule has 0 unspecified atom stereocenters. The standard InChI is InChI=1S/C10H14N6O/c1-7(2)5-17-10-14-8(11)13-9(15-10)16-4-3-12-6-16/h3-4,6-7H,5H2,1-2H3,(H2,11,13,14,15). The smallest absolute Gasteiger partial charge is 0.323 e. The van der Waals surface area contributed by atoms with Crippen LogP contribution in [0.1, 0.15) is 13.8 Å². The molecule has 0 aliphatic carbocycles. The molecule has 7 nitrogen and oxygen atoms in total. The second kappa shape index (κ2) is 4.77. The number of nitrogens with two attached hydrogens (primary N) is 1. The van der Waals surface area contributed by atoms with Crippen molar-refractivity contribution in [3.8, 4) is 12.0 Å². The van der Waals surface area contributed by atoms with Gasteiger partial charge in [-0.3, -0.25) is 4.57 Å². The van der Waals surface area contributed by atoms with Crippen molar-refractivity contribution in [1.82, 2.24) is 24.5 Å². The zero-order chi connectivity index (χ0) is 12.3. The first-order chi connectivity index (χ1) is 8.15. The van der Waals surface area contributed by atoms with Crippen LogP contribution in [0.2, 0.25) is 0 Å². The summed E-state index contributed by atoms with van der Waals surface area (Å²) >= 11 is 0. The van der Waals surface area contributed by atoms with E-state index in [1.807, 2.05) is 13.8 Å². The van der Waals surface area contributed by atoms with E-state index in [-0.39, 0.29) is 12.0 Å². The van der Waals surface area contributed by atoms with Crippen LogP contribution < -0.4 is 10.5 Å². The van der Waals surface area contributed by atoms with Gasteiger partial charge in [-0.15, -0.1) is 0 Å². The van der Waals surface area contributed by atoms with E-state index in [2.05, 4.69) is 19.9 Å². The Morgan fingerprint density at radius 2 is 2.18 bits per heavy atom. The fourth-order valence-corrected chi connectivity index (χ4v) is 1.16. The van der Waals surface area contributed by atoms with Crippen molar-refractivity contribution in [2.45, 2.75) is 13.8 Å². The van der Waals surface area contributed by atoms with E-state index >= 15 is 0 Å². The number of anilines is 1. The number of ether oxygens (including phenoxy) is 1. The van der Waals surface area contributed by atoms with Gasteiger partial charge in [0, 0.05) is 12.4 Å². The number of aromatic nitrogens is 5. The highest BCUT2D eigenvalue weighted by atomic mass is 16.5. The summed E-state index contributed by atoms with van der Waals surface area (Å²) in [4.78, 5) is 16.0. The second-order valence-corrected chi connectivity index (χ2v) is 3.95. The Morgan fingerprint density at radius 1 is 1.35 bits per heavy atom. The van der Waals surface area contributed by atoms with E-state index < -0.39 is 0 Å². The number of imidazole rings is 1. The molecule has 0 fully saturated rings. The Kier molecular flexibility index (Phi) is 3.17. The molecular formula is C10H14N6O. The topological polar surface area (TPSA) is 91.7 Å². The highest BCUT2D eigenvalue weighted by Gasteiger charge is 2.07. The van der Waals surface area contributed by atoms with Crippen molar-refractivity contribution in [2.24, 2.45) is 5.92 Å². The van der Waals surface area contributed by atoms with Crippen LogP contribution in [0.15, 0.2) is 18.7 Å². The zero-order valence-corrected chi connectivity index (χ0v) is 9.74. The van der Waals surface area contributed by atoms with Gasteiger partial charge in [0.15, 0.2) is 0 Å². The predicted molar refractivity (Wildman–Crippen MR) is 61.7 cm³/mol. The van der Waals surface area contributed by atoms with Gasteiger partial charge in [-0.05, 0) is 5.92 Å². The predicted octanol–water partition coefficient (Wildman–Crippen LogP) is 0.674.